The van der Waals surface area contributed by atoms with E-state index in [9.17, 15) is 23.2 Å². The minimum Gasteiger partial charge on any atom is -0.481 e. The summed E-state index contributed by atoms with van der Waals surface area (Å²) in [6.07, 6.45) is 1.52. The number of halogens is 2. The molecule has 0 unspecified atom stereocenters. The molecule has 4 rings (SSSR count). The summed E-state index contributed by atoms with van der Waals surface area (Å²) in [5, 5.41) is 13.3. The molecule has 0 bridgehead atoms. The van der Waals surface area contributed by atoms with Gasteiger partial charge in [-0.2, -0.15) is 0 Å². The van der Waals surface area contributed by atoms with Gasteiger partial charge < -0.3 is 10.4 Å². The van der Waals surface area contributed by atoms with Crippen molar-refractivity contribution in [3.8, 4) is 11.1 Å². The van der Waals surface area contributed by atoms with Gasteiger partial charge in [-0.3, -0.25) is 19.3 Å². The zero-order chi connectivity index (χ0) is 25.1. The van der Waals surface area contributed by atoms with Crippen LogP contribution in [0.1, 0.15) is 10.4 Å². The van der Waals surface area contributed by atoms with E-state index in [0.717, 1.165) is 28.8 Å². The normalized spacial score (nSPS) is 14.6. The monoisotopic (exact) mass is 530 g/mol. The molecule has 6 nitrogen and oxygen atoms in total. The first-order valence-corrected chi connectivity index (χ1v) is 12.2. The number of thiocarbonyl (C=S) groups is 1. The molecule has 11 heteroatoms. The maximum absolute atomic E-state index is 13.5. The summed E-state index contributed by atoms with van der Waals surface area (Å²) in [6, 6.07) is 11.8. The third kappa shape index (κ3) is 5.99. The Balaban J connectivity index is 1.40. The minimum absolute atomic E-state index is 0.121. The molecule has 2 aromatic carbocycles. The molecule has 0 atom stereocenters. The number of hydrogen-bond donors (Lipinski definition) is 2. The molecule has 178 valence electrons. The Labute approximate surface area is 212 Å². The van der Waals surface area contributed by atoms with Crippen LogP contribution >= 0.6 is 35.3 Å². The van der Waals surface area contributed by atoms with E-state index in [-0.39, 0.29) is 17.3 Å². The second kappa shape index (κ2) is 10.5. The first kappa shape index (κ1) is 24.7. The zero-order valence-electron chi connectivity index (χ0n) is 17.8. The van der Waals surface area contributed by atoms with Crippen LogP contribution in [0.25, 0.3) is 17.2 Å². The molecule has 1 fully saturated rings. The van der Waals surface area contributed by atoms with E-state index >= 15 is 0 Å². The number of rotatable bonds is 7. The van der Waals surface area contributed by atoms with Gasteiger partial charge in [-0.15, -0.1) is 11.3 Å². The molecule has 2 amide bonds. The molecule has 1 aliphatic heterocycles. The summed E-state index contributed by atoms with van der Waals surface area (Å²) in [5.41, 5.74) is 2.26. The molecule has 35 heavy (non-hydrogen) atoms. The van der Waals surface area contributed by atoms with Gasteiger partial charge in [-0.05, 0) is 58.5 Å². The SMILES string of the molecule is O=C(O)Cc1ccc(NC(=O)CN2C(=O)/C(=C/c3cc(-c4ccc(F)c(F)c4)cs3)SC2=S)cc1. The fraction of sp³-hybridized carbons (Fsp3) is 0.0833. The van der Waals surface area contributed by atoms with Gasteiger partial charge in [0.05, 0.1) is 11.3 Å². The first-order valence-electron chi connectivity index (χ1n) is 10.1. The topological polar surface area (TPSA) is 86.7 Å². The second-order valence-corrected chi connectivity index (χ2v) is 10.1. The summed E-state index contributed by atoms with van der Waals surface area (Å²) in [5.74, 6) is -3.68. The molecule has 1 saturated heterocycles. The van der Waals surface area contributed by atoms with Crippen molar-refractivity contribution < 1.29 is 28.3 Å². The lowest BCUT2D eigenvalue weighted by molar-refractivity contribution is -0.136. The van der Waals surface area contributed by atoms with Gasteiger partial charge in [0.1, 0.15) is 10.9 Å². The number of carboxylic acids is 1. The number of thioether (sulfide) groups is 1. The van der Waals surface area contributed by atoms with Crippen LogP contribution in [0.15, 0.2) is 58.8 Å². The summed E-state index contributed by atoms with van der Waals surface area (Å²) in [6.45, 7) is -0.274. The molecule has 1 aromatic heterocycles. The van der Waals surface area contributed by atoms with Gasteiger partial charge in [-0.25, -0.2) is 8.78 Å². The molecule has 1 aliphatic rings. The zero-order valence-corrected chi connectivity index (χ0v) is 20.2. The van der Waals surface area contributed by atoms with Gasteiger partial charge in [-0.1, -0.05) is 42.2 Å². The van der Waals surface area contributed by atoms with Crippen molar-refractivity contribution in [3.05, 3.63) is 80.9 Å². The van der Waals surface area contributed by atoms with E-state index in [0.29, 0.717) is 27.3 Å². The van der Waals surface area contributed by atoms with Gasteiger partial charge in [0.25, 0.3) is 5.91 Å². The van der Waals surface area contributed by atoms with Gasteiger partial charge in [0.2, 0.25) is 5.91 Å². The van der Waals surface area contributed by atoms with E-state index in [1.807, 2.05) is 0 Å². The fourth-order valence-electron chi connectivity index (χ4n) is 3.25. The number of aliphatic carboxylic acids is 1. The third-order valence-corrected chi connectivity index (χ3v) is 7.17. The number of carbonyl (C=O) groups excluding carboxylic acids is 2. The van der Waals surface area contributed by atoms with Gasteiger partial charge in [0, 0.05) is 10.6 Å². The third-order valence-electron chi connectivity index (χ3n) is 4.91. The molecule has 2 heterocycles. The smallest absolute Gasteiger partial charge is 0.307 e. The number of hydrogen-bond acceptors (Lipinski definition) is 6. The lowest BCUT2D eigenvalue weighted by Gasteiger charge is -2.14. The highest BCUT2D eigenvalue weighted by Crippen LogP contribution is 2.35. The number of thiophene rings is 1. The maximum Gasteiger partial charge on any atom is 0.307 e. The maximum atomic E-state index is 13.5. The van der Waals surface area contributed by atoms with Crippen LogP contribution in [0, 0.1) is 11.6 Å². The van der Waals surface area contributed by atoms with Crippen molar-refractivity contribution in [1.29, 1.82) is 0 Å². The average Bonchev–Trinajstić information content (AvgIpc) is 3.37. The van der Waals surface area contributed by atoms with Crippen molar-refractivity contribution in [2.45, 2.75) is 6.42 Å². The van der Waals surface area contributed by atoms with Crippen molar-refractivity contribution in [2.75, 3.05) is 11.9 Å². The predicted molar refractivity (Wildman–Crippen MR) is 136 cm³/mol. The predicted octanol–water partition coefficient (Wildman–Crippen LogP) is 5.16. The fourth-order valence-corrected chi connectivity index (χ4v) is 5.41. The van der Waals surface area contributed by atoms with E-state index in [2.05, 4.69) is 5.32 Å². The molecule has 3 aromatic rings. The minimum atomic E-state index is -0.952. The lowest BCUT2D eigenvalue weighted by atomic mass is 10.1. The van der Waals surface area contributed by atoms with Crippen LogP contribution in [-0.4, -0.2) is 38.7 Å². The number of nitrogens with one attached hydrogen (secondary N) is 1. The van der Waals surface area contributed by atoms with Gasteiger partial charge in [0.15, 0.2) is 11.6 Å². The van der Waals surface area contributed by atoms with Crippen LogP contribution in [0.3, 0.4) is 0 Å². The molecule has 0 radical (unpaired) electrons. The quantitative estimate of drug-likeness (QED) is 0.324. The lowest BCUT2D eigenvalue weighted by Crippen LogP contribution is -2.36. The Morgan fingerprint density at radius 1 is 1.06 bits per heavy atom. The van der Waals surface area contributed by atoms with Crippen LogP contribution in [0.2, 0.25) is 0 Å². The van der Waals surface area contributed by atoms with E-state index in [1.54, 1.807) is 41.8 Å². The second-order valence-electron chi connectivity index (χ2n) is 7.45. The number of carboxylic acid groups (broad SMARTS) is 1. The van der Waals surface area contributed by atoms with Gasteiger partial charge >= 0.3 is 5.97 Å². The Hall–Kier alpha value is -3.41. The van der Waals surface area contributed by atoms with E-state index < -0.39 is 29.4 Å². The van der Waals surface area contributed by atoms with Crippen LogP contribution < -0.4 is 5.32 Å². The van der Waals surface area contributed by atoms with E-state index in [1.165, 1.54) is 22.3 Å². The van der Waals surface area contributed by atoms with Crippen molar-refractivity contribution >= 4 is 69.2 Å². The molecular weight excluding hydrogens is 514 g/mol. The van der Waals surface area contributed by atoms with Crippen LogP contribution in [-0.2, 0) is 20.8 Å². The van der Waals surface area contributed by atoms with Crippen molar-refractivity contribution in [1.82, 2.24) is 4.90 Å². The van der Waals surface area contributed by atoms with Crippen molar-refractivity contribution in [3.63, 3.8) is 0 Å². The van der Waals surface area contributed by atoms with Crippen LogP contribution in [0.4, 0.5) is 14.5 Å². The molecule has 2 N–H and O–H groups in total. The summed E-state index contributed by atoms with van der Waals surface area (Å²) < 4.78 is 27.0. The highest BCUT2D eigenvalue weighted by atomic mass is 32.2. The Bertz CT molecular complexity index is 1370. The standard InChI is InChI=1S/C24H16F2N2O4S3/c25-18-6-3-14(9-19(18)26)15-8-17(34-12-15)10-20-23(32)28(24(33)35-20)11-21(29)27-16-4-1-13(2-5-16)7-22(30)31/h1-6,8-10,12H,7,11H2,(H,27,29)(H,30,31)/b20-10-. The Morgan fingerprint density at radius 2 is 1.80 bits per heavy atom. The average molecular weight is 531 g/mol. The largest absolute Gasteiger partial charge is 0.481 e. The Kier molecular flexibility index (Phi) is 7.39. The number of anilines is 1. The summed E-state index contributed by atoms with van der Waals surface area (Å²) in [7, 11) is 0. The number of benzene rings is 2. The van der Waals surface area contributed by atoms with Crippen LogP contribution in [0.5, 0.6) is 0 Å². The van der Waals surface area contributed by atoms with Crippen molar-refractivity contribution in [2.24, 2.45) is 0 Å². The summed E-state index contributed by atoms with van der Waals surface area (Å²) in [4.78, 5) is 38.3. The summed E-state index contributed by atoms with van der Waals surface area (Å²) >= 11 is 7.68. The highest BCUT2D eigenvalue weighted by Gasteiger charge is 2.33. The molecule has 0 aliphatic carbocycles. The van der Waals surface area contributed by atoms with E-state index in [4.69, 9.17) is 17.3 Å². The number of nitrogens with zero attached hydrogens (tertiary/aromatic N) is 1. The molecular formula is C24H16F2N2O4S3. The highest BCUT2D eigenvalue weighted by molar-refractivity contribution is 8.26. The number of carbonyl (C=O) groups is 3. The Morgan fingerprint density at radius 3 is 2.49 bits per heavy atom. The number of amides is 2. The molecule has 0 spiro atoms. The first-order chi connectivity index (χ1) is 16.7. The molecule has 0 saturated carbocycles.